The zero-order valence-corrected chi connectivity index (χ0v) is 34.5. The fourth-order valence-electron chi connectivity index (χ4n) is 8.56. The molecule has 0 fully saturated rings. The van der Waals surface area contributed by atoms with Gasteiger partial charge in [0.2, 0.25) is 0 Å². The molecular weight excluding hydrogens is 775 g/mol. The number of nitrogens with zero attached hydrogens (tertiary/aromatic N) is 2. The van der Waals surface area contributed by atoms with E-state index in [1.54, 1.807) is 0 Å². The standard InChI is InChI=1S/C57H39N3OS/c58-49-31-12-10-28-46(49)54-48(33-37-17-4-1-5-18-37)53(55(61-54)47-30-16-29-45-44-27-11-13-32-52(44)62-56(45)47)43-26-15-24-41(35-43)40-23-14-25-42(34-40)51-36-50(38-19-6-2-7-20-38)59-57(60-51)39-21-8-3-9-22-39/h1-32,34-36H,33,58H2. The van der Waals surface area contributed by atoms with Crippen molar-refractivity contribution in [1.82, 2.24) is 9.97 Å². The van der Waals surface area contributed by atoms with Crippen LogP contribution < -0.4 is 5.73 Å². The molecule has 0 aliphatic carbocycles. The summed E-state index contributed by atoms with van der Waals surface area (Å²) in [6.07, 6.45) is 0.659. The van der Waals surface area contributed by atoms with Gasteiger partial charge in [-0.1, -0.05) is 170 Å². The smallest absolute Gasteiger partial charge is 0.160 e. The predicted molar refractivity (Wildman–Crippen MR) is 259 cm³/mol. The van der Waals surface area contributed by atoms with E-state index in [1.165, 1.54) is 25.7 Å². The summed E-state index contributed by atoms with van der Waals surface area (Å²) in [6, 6.07) is 74.0. The number of furan rings is 1. The summed E-state index contributed by atoms with van der Waals surface area (Å²) in [4.78, 5) is 10.2. The van der Waals surface area contributed by atoms with Gasteiger partial charge in [-0.3, -0.25) is 0 Å². The van der Waals surface area contributed by atoms with Crippen LogP contribution >= 0.6 is 11.3 Å². The van der Waals surface area contributed by atoms with Crippen molar-refractivity contribution >= 4 is 37.2 Å². The van der Waals surface area contributed by atoms with Gasteiger partial charge in [-0.05, 0) is 64.7 Å². The lowest BCUT2D eigenvalue weighted by Crippen LogP contribution is -1.96. The number of rotatable bonds is 9. The lowest BCUT2D eigenvalue weighted by atomic mass is 9.90. The third-order valence-corrected chi connectivity index (χ3v) is 12.8. The summed E-state index contributed by atoms with van der Waals surface area (Å²) in [5, 5.41) is 2.47. The average molecular weight is 814 g/mol. The van der Waals surface area contributed by atoms with Crippen LogP contribution in [0.4, 0.5) is 5.69 Å². The number of anilines is 1. The Bertz CT molecular complexity index is 3330. The van der Waals surface area contributed by atoms with Gasteiger partial charge in [-0.25, -0.2) is 9.97 Å². The minimum Gasteiger partial charge on any atom is -0.455 e. The number of para-hydroxylation sites is 1. The normalized spacial score (nSPS) is 11.4. The third-order valence-electron chi connectivity index (χ3n) is 11.6. The van der Waals surface area contributed by atoms with Crippen LogP contribution in [0.1, 0.15) is 11.1 Å². The van der Waals surface area contributed by atoms with E-state index in [-0.39, 0.29) is 0 Å². The fraction of sp³-hybridized carbons (Fsp3) is 0.0175. The number of fused-ring (bicyclic) bond motifs is 3. The molecule has 294 valence electrons. The molecule has 0 aliphatic rings. The zero-order chi connectivity index (χ0) is 41.4. The molecule has 11 rings (SSSR count). The molecule has 0 aliphatic heterocycles. The monoisotopic (exact) mass is 813 g/mol. The Balaban J connectivity index is 1.10. The lowest BCUT2D eigenvalue weighted by molar-refractivity contribution is 0.596. The Morgan fingerprint density at radius 3 is 1.74 bits per heavy atom. The van der Waals surface area contributed by atoms with Gasteiger partial charge in [-0.2, -0.15) is 0 Å². The van der Waals surface area contributed by atoms with Gasteiger partial charge in [0, 0.05) is 71.2 Å². The molecule has 0 atom stereocenters. The first-order chi connectivity index (χ1) is 30.6. The molecule has 5 heteroatoms. The second-order valence-electron chi connectivity index (χ2n) is 15.5. The number of hydrogen-bond acceptors (Lipinski definition) is 5. The minimum absolute atomic E-state index is 0.659. The van der Waals surface area contributed by atoms with E-state index in [0.29, 0.717) is 17.9 Å². The van der Waals surface area contributed by atoms with Gasteiger partial charge in [0.25, 0.3) is 0 Å². The van der Waals surface area contributed by atoms with Gasteiger partial charge in [0.1, 0.15) is 11.5 Å². The molecule has 3 aromatic heterocycles. The van der Waals surface area contributed by atoms with Crippen molar-refractivity contribution in [1.29, 1.82) is 0 Å². The van der Waals surface area contributed by atoms with Crippen molar-refractivity contribution in [3.05, 3.63) is 223 Å². The summed E-state index contributed by atoms with van der Waals surface area (Å²) in [5.74, 6) is 2.31. The lowest BCUT2D eigenvalue weighted by Gasteiger charge is -2.12. The fourth-order valence-corrected chi connectivity index (χ4v) is 9.77. The van der Waals surface area contributed by atoms with E-state index in [9.17, 15) is 0 Å². The Morgan fingerprint density at radius 2 is 0.984 bits per heavy atom. The highest BCUT2D eigenvalue weighted by Gasteiger charge is 2.27. The summed E-state index contributed by atoms with van der Waals surface area (Å²) in [6.45, 7) is 0. The van der Waals surface area contributed by atoms with E-state index in [2.05, 4.69) is 158 Å². The summed E-state index contributed by atoms with van der Waals surface area (Å²) >= 11 is 1.81. The maximum atomic E-state index is 7.26. The van der Waals surface area contributed by atoms with Crippen LogP contribution in [0, 0.1) is 0 Å². The number of nitrogen functional groups attached to an aromatic ring is 1. The Kier molecular flexibility index (Phi) is 9.57. The maximum absolute atomic E-state index is 7.26. The second kappa shape index (κ2) is 16.0. The van der Waals surface area contributed by atoms with Crippen molar-refractivity contribution < 1.29 is 4.42 Å². The first-order valence-corrected chi connectivity index (χ1v) is 21.6. The molecular formula is C57H39N3OS. The molecule has 0 amide bonds. The number of thiophene rings is 1. The topological polar surface area (TPSA) is 64.9 Å². The zero-order valence-electron chi connectivity index (χ0n) is 33.7. The van der Waals surface area contributed by atoms with Gasteiger partial charge < -0.3 is 10.2 Å². The highest BCUT2D eigenvalue weighted by atomic mass is 32.1. The SMILES string of the molecule is Nc1ccccc1-c1oc(-c2cccc3c2sc2ccccc23)c(-c2cccc(-c3cccc(-c4cc(-c5ccccc5)nc(-c5ccccc5)n4)c3)c2)c1Cc1ccccc1. The van der Waals surface area contributed by atoms with E-state index in [0.717, 1.165) is 78.5 Å². The van der Waals surface area contributed by atoms with Gasteiger partial charge >= 0.3 is 0 Å². The molecule has 4 nitrogen and oxygen atoms in total. The van der Waals surface area contributed by atoms with Gasteiger partial charge in [0.05, 0.1) is 11.4 Å². The highest BCUT2D eigenvalue weighted by molar-refractivity contribution is 7.26. The highest BCUT2D eigenvalue weighted by Crippen LogP contribution is 2.49. The van der Waals surface area contributed by atoms with Crippen molar-refractivity contribution in [3.63, 3.8) is 0 Å². The largest absolute Gasteiger partial charge is 0.455 e. The molecule has 3 heterocycles. The molecule has 8 aromatic carbocycles. The summed E-state index contributed by atoms with van der Waals surface area (Å²) in [5.41, 5.74) is 20.7. The molecule has 0 saturated carbocycles. The van der Waals surface area contributed by atoms with Crippen LogP contribution in [0.3, 0.4) is 0 Å². The third kappa shape index (κ3) is 6.94. The van der Waals surface area contributed by atoms with Crippen LogP contribution in [-0.2, 0) is 6.42 Å². The van der Waals surface area contributed by atoms with E-state index >= 15 is 0 Å². The van der Waals surface area contributed by atoms with Crippen LogP contribution in [0.5, 0.6) is 0 Å². The molecule has 2 N–H and O–H groups in total. The number of benzene rings is 8. The Hall–Kier alpha value is -7.86. The maximum Gasteiger partial charge on any atom is 0.160 e. The van der Waals surface area contributed by atoms with E-state index < -0.39 is 0 Å². The molecule has 0 bridgehead atoms. The minimum atomic E-state index is 0.659. The number of hydrogen-bond donors (Lipinski definition) is 1. The summed E-state index contributed by atoms with van der Waals surface area (Å²) in [7, 11) is 0. The van der Waals surface area contributed by atoms with Crippen LogP contribution in [0.15, 0.2) is 217 Å². The number of aromatic nitrogens is 2. The Morgan fingerprint density at radius 1 is 0.435 bits per heavy atom. The van der Waals surface area contributed by atoms with Crippen LogP contribution in [0.2, 0.25) is 0 Å². The summed E-state index contributed by atoms with van der Waals surface area (Å²) < 4.78 is 9.70. The quantitative estimate of drug-likeness (QED) is 0.147. The van der Waals surface area contributed by atoms with Crippen LogP contribution in [-0.4, -0.2) is 9.97 Å². The van der Waals surface area contributed by atoms with Gasteiger partial charge in [-0.15, -0.1) is 11.3 Å². The molecule has 0 saturated heterocycles. The molecule has 0 radical (unpaired) electrons. The molecule has 11 aromatic rings. The first-order valence-electron chi connectivity index (χ1n) is 20.8. The first kappa shape index (κ1) is 37.2. The van der Waals surface area contributed by atoms with Crippen molar-refractivity contribution in [2.24, 2.45) is 0 Å². The number of nitrogens with two attached hydrogens (primary N) is 1. The molecule has 62 heavy (non-hydrogen) atoms. The van der Waals surface area contributed by atoms with Gasteiger partial charge in [0.15, 0.2) is 5.82 Å². The Labute approximate surface area is 364 Å². The molecule has 0 unspecified atom stereocenters. The van der Waals surface area contributed by atoms with E-state index in [4.69, 9.17) is 20.1 Å². The van der Waals surface area contributed by atoms with Crippen LogP contribution in [0.25, 0.3) is 99.0 Å². The van der Waals surface area contributed by atoms with Crippen molar-refractivity contribution in [2.45, 2.75) is 6.42 Å². The van der Waals surface area contributed by atoms with Crippen molar-refractivity contribution in [3.8, 4) is 78.8 Å². The van der Waals surface area contributed by atoms with E-state index in [1.807, 2.05) is 65.9 Å². The predicted octanol–water partition coefficient (Wildman–Crippen LogP) is 15.3. The second-order valence-corrected chi connectivity index (χ2v) is 16.6. The van der Waals surface area contributed by atoms with Crippen molar-refractivity contribution in [2.75, 3.05) is 5.73 Å². The average Bonchev–Trinajstić information content (AvgIpc) is 3.91. The molecule has 0 spiro atoms.